The molecule has 3 amide bonds. The van der Waals surface area contributed by atoms with E-state index in [1.54, 1.807) is 24.3 Å². The molecule has 10 heteroatoms. The van der Waals surface area contributed by atoms with E-state index >= 15 is 0 Å². The number of carbonyl (C=O) groups excluding carboxylic acids is 3. The zero-order valence-corrected chi connectivity index (χ0v) is 23.7. The number of unbranched alkanes of at least 4 members (excludes halogenated alkanes) is 3. The number of anilines is 1. The maximum Gasteiger partial charge on any atom is 0.269 e. The summed E-state index contributed by atoms with van der Waals surface area (Å²) in [6.07, 6.45) is 4.17. The van der Waals surface area contributed by atoms with Crippen molar-refractivity contribution in [1.82, 2.24) is 15.3 Å². The zero-order chi connectivity index (χ0) is 29.2. The Labute approximate surface area is 244 Å². The summed E-state index contributed by atoms with van der Waals surface area (Å²) in [7, 11) is 0. The largest absolute Gasteiger partial charge is 0.494 e. The topological polar surface area (TPSA) is 91.0 Å². The number of amides is 3. The molecule has 1 heterocycles. The number of thiocarbonyl (C=S) groups is 1. The molecule has 3 aromatic rings. The van der Waals surface area contributed by atoms with Gasteiger partial charge in [0.25, 0.3) is 11.8 Å². The fourth-order valence-electron chi connectivity index (χ4n) is 4.41. The molecule has 0 saturated carbocycles. The lowest BCUT2D eigenvalue weighted by Gasteiger charge is -2.24. The van der Waals surface area contributed by atoms with Crippen LogP contribution in [0.2, 0.25) is 0 Å². The Hall–Kier alpha value is -4.31. The molecule has 4 rings (SSSR count). The maximum absolute atomic E-state index is 13.7. The van der Waals surface area contributed by atoms with Crippen molar-refractivity contribution in [2.75, 3.05) is 11.9 Å². The van der Waals surface area contributed by atoms with Gasteiger partial charge in [-0.25, -0.2) is 9.40 Å². The number of hydrogen-bond acceptors (Lipinski definition) is 5. The van der Waals surface area contributed by atoms with Crippen LogP contribution in [-0.4, -0.2) is 45.4 Å². The molecule has 3 aromatic carbocycles. The van der Waals surface area contributed by atoms with Crippen LogP contribution in [0.4, 0.5) is 10.1 Å². The smallest absolute Gasteiger partial charge is 0.269 e. The quantitative estimate of drug-likeness (QED) is 0.208. The number of ether oxygens (including phenoxy) is 1. The van der Waals surface area contributed by atoms with E-state index in [-0.39, 0.29) is 23.6 Å². The number of hydrazine groups is 1. The van der Waals surface area contributed by atoms with Crippen LogP contribution in [0, 0.1) is 5.82 Å². The molecule has 41 heavy (non-hydrogen) atoms. The second-order valence-corrected chi connectivity index (χ2v) is 10.1. The highest BCUT2D eigenvalue weighted by Gasteiger charge is 2.44. The number of rotatable bonds is 13. The minimum atomic E-state index is -1.09. The van der Waals surface area contributed by atoms with E-state index in [1.165, 1.54) is 34.5 Å². The van der Waals surface area contributed by atoms with Crippen molar-refractivity contribution >= 4 is 40.7 Å². The van der Waals surface area contributed by atoms with Crippen molar-refractivity contribution < 1.29 is 23.5 Å². The second kappa shape index (κ2) is 14.4. The van der Waals surface area contributed by atoms with Crippen molar-refractivity contribution in [3.8, 4) is 5.75 Å². The summed E-state index contributed by atoms with van der Waals surface area (Å²) in [5.74, 6) is -1.39. The average Bonchev–Trinajstić information content (AvgIpc) is 3.18. The van der Waals surface area contributed by atoms with Gasteiger partial charge in [0.15, 0.2) is 5.11 Å². The highest BCUT2D eigenvalue weighted by molar-refractivity contribution is 7.80. The molecule has 0 bridgehead atoms. The van der Waals surface area contributed by atoms with Crippen LogP contribution in [0.5, 0.6) is 5.75 Å². The Morgan fingerprint density at radius 2 is 1.73 bits per heavy atom. The molecule has 214 valence electrons. The summed E-state index contributed by atoms with van der Waals surface area (Å²) < 4.78 is 19.5. The van der Waals surface area contributed by atoms with E-state index in [4.69, 9.17) is 17.0 Å². The molecule has 1 fully saturated rings. The summed E-state index contributed by atoms with van der Waals surface area (Å²) in [5.41, 5.74) is 4.03. The molecular formula is C31H33FN4O4S. The Balaban J connectivity index is 1.44. The molecule has 2 N–H and O–H groups in total. The van der Waals surface area contributed by atoms with Crippen molar-refractivity contribution in [2.24, 2.45) is 0 Å². The number of carbonyl (C=O) groups is 3. The van der Waals surface area contributed by atoms with E-state index in [2.05, 4.69) is 17.7 Å². The molecular weight excluding hydrogens is 543 g/mol. The Morgan fingerprint density at radius 1 is 0.976 bits per heavy atom. The van der Waals surface area contributed by atoms with Gasteiger partial charge in [0.05, 0.1) is 19.6 Å². The Bertz CT molecular complexity index is 1370. The third kappa shape index (κ3) is 8.11. The van der Waals surface area contributed by atoms with Gasteiger partial charge in [-0.1, -0.05) is 62.6 Å². The van der Waals surface area contributed by atoms with E-state index < -0.39 is 29.6 Å². The van der Waals surface area contributed by atoms with Gasteiger partial charge in [-0.3, -0.25) is 24.7 Å². The number of hydrogen-bond donors (Lipinski definition) is 2. The standard InChI is InChI=1S/C31H33FN4O4S/c1-2-3-4-8-18-40-26-16-14-25(15-17-26)33-28(37)20-27-30(39)35(21-22-10-6-5-7-11-22)31(41)36(27)34-29(38)23-12-9-13-24(32)19-23/h5-7,9-17,19,27H,2-4,8,18,20-21H2,1H3,(H,33,37)(H,34,38). The monoisotopic (exact) mass is 576 g/mol. The molecule has 0 aromatic heterocycles. The van der Waals surface area contributed by atoms with Crippen LogP contribution in [0.15, 0.2) is 78.9 Å². The van der Waals surface area contributed by atoms with Crippen molar-refractivity contribution in [2.45, 2.75) is 51.6 Å². The summed E-state index contributed by atoms with van der Waals surface area (Å²) in [4.78, 5) is 40.8. The van der Waals surface area contributed by atoms with Gasteiger partial charge >= 0.3 is 0 Å². The summed E-state index contributed by atoms with van der Waals surface area (Å²) in [5, 5.41) is 4.05. The van der Waals surface area contributed by atoms with Gasteiger partial charge in [0.1, 0.15) is 17.6 Å². The van der Waals surface area contributed by atoms with E-state index in [0.717, 1.165) is 30.9 Å². The first kappa shape index (κ1) is 29.7. The minimum Gasteiger partial charge on any atom is -0.494 e. The summed E-state index contributed by atoms with van der Waals surface area (Å²) in [6.45, 7) is 2.96. The first-order chi connectivity index (χ1) is 19.9. The average molecular weight is 577 g/mol. The number of nitrogens with one attached hydrogen (secondary N) is 2. The van der Waals surface area contributed by atoms with Crippen LogP contribution in [0.3, 0.4) is 0 Å². The van der Waals surface area contributed by atoms with Gasteiger partial charge < -0.3 is 10.1 Å². The molecule has 1 atom stereocenters. The predicted octanol–water partition coefficient (Wildman–Crippen LogP) is 5.46. The first-order valence-corrected chi connectivity index (χ1v) is 14.0. The SMILES string of the molecule is CCCCCCOc1ccc(NC(=O)CC2C(=O)N(Cc3ccccc3)C(=S)N2NC(=O)c2cccc(F)c2)cc1. The molecule has 1 unspecified atom stereocenters. The van der Waals surface area contributed by atoms with E-state index in [0.29, 0.717) is 18.0 Å². The third-order valence-corrected chi connectivity index (χ3v) is 6.99. The Morgan fingerprint density at radius 3 is 2.44 bits per heavy atom. The Kier molecular flexibility index (Phi) is 10.4. The molecule has 8 nitrogen and oxygen atoms in total. The molecule has 0 radical (unpaired) electrons. The lowest BCUT2D eigenvalue weighted by atomic mass is 10.1. The molecule has 1 saturated heterocycles. The lowest BCUT2D eigenvalue weighted by Crippen LogP contribution is -2.49. The second-order valence-electron chi connectivity index (χ2n) is 9.72. The van der Waals surface area contributed by atoms with Gasteiger partial charge in [-0.2, -0.15) is 0 Å². The normalized spacial score (nSPS) is 14.7. The van der Waals surface area contributed by atoms with Crippen molar-refractivity contribution in [3.63, 3.8) is 0 Å². The number of halogens is 1. The van der Waals surface area contributed by atoms with E-state index in [1.807, 2.05) is 30.3 Å². The number of nitrogens with zero attached hydrogens (tertiary/aromatic N) is 2. The number of benzene rings is 3. The lowest BCUT2D eigenvalue weighted by molar-refractivity contribution is -0.131. The van der Waals surface area contributed by atoms with Crippen LogP contribution in [0.25, 0.3) is 0 Å². The van der Waals surface area contributed by atoms with Crippen LogP contribution in [-0.2, 0) is 16.1 Å². The van der Waals surface area contributed by atoms with E-state index in [9.17, 15) is 18.8 Å². The molecule has 0 spiro atoms. The molecule has 0 aliphatic carbocycles. The van der Waals surface area contributed by atoms with Gasteiger partial charge in [0.2, 0.25) is 5.91 Å². The fourth-order valence-corrected chi connectivity index (χ4v) is 4.74. The highest BCUT2D eigenvalue weighted by Crippen LogP contribution is 2.23. The van der Waals surface area contributed by atoms with Gasteiger partial charge in [-0.05, 0) is 66.7 Å². The first-order valence-electron chi connectivity index (χ1n) is 13.6. The predicted molar refractivity (Wildman–Crippen MR) is 158 cm³/mol. The zero-order valence-electron chi connectivity index (χ0n) is 22.8. The van der Waals surface area contributed by atoms with Crippen LogP contribution >= 0.6 is 12.2 Å². The van der Waals surface area contributed by atoms with Gasteiger partial charge in [-0.15, -0.1) is 0 Å². The van der Waals surface area contributed by atoms with Crippen molar-refractivity contribution in [3.05, 3.63) is 95.8 Å². The van der Waals surface area contributed by atoms with Crippen molar-refractivity contribution in [1.29, 1.82) is 0 Å². The molecule has 1 aliphatic heterocycles. The van der Waals surface area contributed by atoms with Gasteiger partial charge in [0, 0.05) is 11.3 Å². The minimum absolute atomic E-state index is 0.0434. The third-order valence-electron chi connectivity index (χ3n) is 6.58. The summed E-state index contributed by atoms with van der Waals surface area (Å²) in [6, 6.07) is 20.3. The fraction of sp³-hybridized carbons (Fsp3) is 0.290. The maximum atomic E-state index is 13.7. The molecule has 1 aliphatic rings. The summed E-state index contributed by atoms with van der Waals surface area (Å²) >= 11 is 5.56. The highest BCUT2D eigenvalue weighted by atomic mass is 32.1. The van der Waals surface area contributed by atoms with Crippen LogP contribution in [0.1, 0.15) is 54.9 Å². The van der Waals surface area contributed by atoms with Crippen LogP contribution < -0.4 is 15.5 Å².